The third-order valence-corrected chi connectivity index (χ3v) is 6.24. The van der Waals surface area contributed by atoms with Crippen molar-refractivity contribution in [2.75, 3.05) is 11.9 Å². The maximum Gasteiger partial charge on any atom is 0.317 e. The van der Waals surface area contributed by atoms with Crippen LogP contribution in [0.1, 0.15) is 32.2 Å². The van der Waals surface area contributed by atoms with Crippen LogP contribution in [0.15, 0.2) is 78.2 Å². The number of esters is 1. The first-order chi connectivity index (χ1) is 16.9. The Morgan fingerprint density at radius 1 is 0.857 bits per heavy atom. The lowest BCUT2D eigenvalue weighted by Gasteiger charge is -2.18. The van der Waals surface area contributed by atoms with Crippen molar-refractivity contribution in [1.29, 1.82) is 0 Å². The molecule has 0 aliphatic rings. The normalized spacial score (nSPS) is 10.6. The molecular weight excluding hydrogens is 460 g/mol. The number of hydrogen-bond donors (Lipinski definition) is 0. The Hall–Kier alpha value is -3.97. The van der Waals surface area contributed by atoms with E-state index in [2.05, 4.69) is 4.98 Å². The topological polar surface area (TPSA) is 68.7 Å². The highest BCUT2D eigenvalue weighted by atomic mass is 32.1. The molecule has 0 radical (unpaired) electrons. The van der Waals surface area contributed by atoms with Gasteiger partial charge in [-0.15, -0.1) is 11.3 Å². The lowest BCUT2D eigenvalue weighted by atomic mass is 10.1. The van der Waals surface area contributed by atoms with E-state index in [4.69, 9.17) is 9.47 Å². The van der Waals surface area contributed by atoms with Crippen LogP contribution in [-0.2, 0) is 17.8 Å². The van der Waals surface area contributed by atoms with Crippen LogP contribution >= 0.6 is 11.3 Å². The van der Waals surface area contributed by atoms with Gasteiger partial charge >= 0.3 is 5.97 Å². The molecule has 178 valence electrons. The first-order valence-corrected chi connectivity index (χ1v) is 12.0. The van der Waals surface area contributed by atoms with Gasteiger partial charge in [0.25, 0.3) is 5.91 Å². The number of nitrogens with zero attached hydrogens (tertiary/aromatic N) is 2. The van der Waals surface area contributed by atoms with Crippen LogP contribution in [0.2, 0.25) is 0 Å². The molecular formula is C28H26N2O4S. The van der Waals surface area contributed by atoms with Gasteiger partial charge in [0.05, 0.1) is 12.1 Å². The Morgan fingerprint density at radius 3 is 2.11 bits per heavy atom. The average Bonchev–Trinajstić information content (AvgIpc) is 3.30. The maximum atomic E-state index is 12.7. The van der Waals surface area contributed by atoms with E-state index in [1.165, 1.54) is 16.9 Å². The molecule has 0 saturated carbocycles. The molecule has 1 amide bonds. The zero-order valence-corrected chi connectivity index (χ0v) is 20.7. The lowest BCUT2D eigenvalue weighted by molar-refractivity contribution is -0.133. The molecule has 6 nitrogen and oxygen atoms in total. The number of rotatable bonds is 8. The SMILES string of the molecule is Cc1ccc(OCc2nc(CC(=O)Oc3ccc(N(C)C(=O)c4ccc(C)cc4)cc3)cs2)cc1. The smallest absolute Gasteiger partial charge is 0.317 e. The van der Waals surface area contributed by atoms with E-state index in [-0.39, 0.29) is 12.3 Å². The van der Waals surface area contributed by atoms with Crippen LogP contribution in [0.4, 0.5) is 5.69 Å². The predicted octanol–water partition coefficient (Wildman–Crippen LogP) is 5.76. The molecule has 1 heterocycles. The van der Waals surface area contributed by atoms with Gasteiger partial charge < -0.3 is 14.4 Å². The van der Waals surface area contributed by atoms with Gasteiger partial charge in [0.2, 0.25) is 0 Å². The van der Waals surface area contributed by atoms with E-state index < -0.39 is 5.97 Å². The van der Waals surface area contributed by atoms with E-state index >= 15 is 0 Å². The van der Waals surface area contributed by atoms with Gasteiger partial charge in [0.1, 0.15) is 23.1 Å². The number of benzene rings is 3. The zero-order valence-electron chi connectivity index (χ0n) is 19.9. The third kappa shape index (κ3) is 6.55. The monoisotopic (exact) mass is 486 g/mol. The van der Waals surface area contributed by atoms with Gasteiger partial charge in [0.15, 0.2) is 0 Å². The number of carbonyl (C=O) groups excluding carboxylic acids is 2. The summed E-state index contributed by atoms with van der Waals surface area (Å²) in [5.74, 6) is 0.674. The van der Waals surface area contributed by atoms with Crippen molar-refractivity contribution in [3.63, 3.8) is 0 Å². The second kappa shape index (κ2) is 11.0. The molecule has 0 fully saturated rings. The molecule has 4 rings (SSSR count). The average molecular weight is 487 g/mol. The summed E-state index contributed by atoms with van der Waals surface area (Å²) < 4.78 is 11.2. The number of amides is 1. The summed E-state index contributed by atoms with van der Waals surface area (Å²) in [5, 5.41) is 2.63. The van der Waals surface area contributed by atoms with Gasteiger partial charge in [0, 0.05) is 23.7 Å². The van der Waals surface area contributed by atoms with E-state index in [0.29, 0.717) is 29.3 Å². The Morgan fingerprint density at radius 2 is 1.46 bits per heavy atom. The van der Waals surface area contributed by atoms with Crippen molar-refractivity contribution >= 4 is 28.9 Å². The maximum absolute atomic E-state index is 12.7. The van der Waals surface area contributed by atoms with Crippen LogP contribution in [-0.4, -0.2) is 23.9 Å². The van der Waals surface area contributed by atoms with Crippen LogP contribution in [0.3, 0.4) is 0 Å². The van der Waals surface area contributed by atoms with Gasteiger partial charge in [-0.25, -0.2) is 4.98 Å². The number of aryl methyl sites for hydroxylation is 2. The molecule has 0 aliphatic heterocycles. The van der Waals surface area contributed by atoms with E-state index in [9.17, 15) is 9.59 Å². The molecule has 0 spiro atoms. The van der Waals surface area contributed by atoms with Gasteiger partial charge in [-0.05, 0) is 62.4 Å². The van der Waals surface area contributed by atoms with Crippen molar-refractivity contribution in [2.45, 2.75) is 26.9 Å². The Labute approximate surface area is 208 Å². The molecule has 0 N–H and O–H groups in total. The van der Waals surface area contributed by atoms with Crippen LogP contribution in [0.25, 0.3) is 0 Å². The largest absolute Gasteiger partial charge is 0.486 e. The molecule has 1 aromatic heterocycles. The van der Waals surface area contributed by atoms with Crippen molar-refractivity contribution in [2.24, 2.45) is 0 Å². The van der Waals surface area contributed by atoms with Gasteiger partial charge in [-0.1, -0.05) is 35.4 Å². The molecule has 0 unspecified atom stereocenters. The number of ether oxygens (including phenoxy) is 2. The Bertz CT molecular complexity index is 1300. The first-order valence-electron chi connectivity index (χ1n) is 11.2. The van der Waals surface area contributed by atoms with Crippen molar-refractivity contribution in [1.82, 2.24) is 4.98 Å². The van der Waals surface area contributed by atoms with Crippen molar-refractivity contribution < 1.29 is 19.1 Å². The second-order valence-corrected chi connectivity index (χ2v) is 9.15. The van der Waals surface area contributed by atoms with Gasteiger partial charge in [-0.2, -0.15) is 0 Å². The number of carbonyl (C=O) groups is 2. The molecule has 0 aliphatic carbocycles. The van der Waals surface area contributed by atoms with Crippen molar-refractivity contribution in [3.8, 4) is 11.5 Å². The summed E-state index contributed by atoms with van der Waals surface area (Å²) in [6.45, 7) is 4.35. The van der Waals surface area contributed by atoms with E-state index in [1.807, 2.05) is 67.8 Å². The second-order valence-electron chi connectivity index (χ2n) is 8.21. The summed E-state index contributed by atoms with van der Waals surface area (Å²) in [7, 11) is 1.71. The first kappa shape index (κ1) is 24.2. The number of hydrogen-bond acceptors (Lipinski definition) is 6. The van der Waals surface area contributed by atoms with E-state index in [1.54, 1.807) is 36.2 Å². The molecule has 0 atom stereocenters. The molecule has 0 bridgehead atoms. The fraction of sp³-hybridized carbons (Fsp3) is 0.179. The fourth-order valence-electron chi connectivity index (χ4n) is 3.34. The highest BCUT2D eigenvalue weighted by molar-refractivity contribution is 7.09. The third-order valence-electron chi connectivity index (χ3n) is 5.37. The van der Waals surface area contributed by atoms with Crippen LogP contribution < -0.4 is 14.4 Å². The lowest BCUT2D eigenvalue weighted by Crippen LogP contribution is -2.26. The molecule has 4 aromatic rings. The highest BCUT2D eigenvalue weighted by Gasteiger charge is 2.15. The quantitative estimate of drug-likeness (QED) is 0.234. The molecule has 35 heavy (non-hydrogen) atoms. The van der Waals surface area contributed by atoms with Crippen LogP contribution in [0, 0.1) is 13.8 Å². The standard InChI is InChI=1S/C28H26N2O4S/c1-19-4-8-21(9-5-19)28(32)30(3)23-10-14-25(15-11-23)34-27(31)16-22-18-35-26(29-22)17-33-24-12-6-20(2)7-13-24/h4-15,18H,16-17H2,1-3H3. The summed E-state index contributed by atoms with van der Waals surface area (Å²) in [6, 6.07) is 22.1. The zero-order chi connectivity index (χ0) is 24.8. The predicted molar refractivity (Wildman–Crippen MR) is 137 cm³/mol. The Balaban J connectivity index is 1.29. The van der Waals surface area contributed by atoms with Crippen molar-refractivity contribution in [3.05, 3.63) is 106 Å². The minimum Gasteiger partial charge on any atom is -0.486 e. The molecule has 7 heteroatoms. The minimum atomic E-state index is -0.405. The highest BCUT2D eigenvalue weighted by Crippen LogP contribution is 2.21. The molecule has 0 saturated heterocycles. The summed E-state index contributed by atoms with van der Waals surface area (Å²) in [6.07, 6.45) is 0.0641. The minimum absolute atomic E-state index is 0.0641. The van der Waals surface area contributed by atoms with Gasteiger partial charge in [-0.3, -0.25) is 9.59 Å². The van der Waals surface area contributed by atoms with Crippen LogP contribution in [0.5, 0.6) is 11.5 Å². The summed E-state index contributed by atoms with van der Waals surface area (Å²) in [4.78, 5) is 31.1. The number of aromatic nitrogens is 1. The number of thiazole rings is 1. The Kier molecular flexibility index (Phi) is 7.57. The van der Waals surface area contributed by atoms with E-state index in [0.717, 1.165) is 16.3 Å². The fourth-order valence-corrected chi connectivity index (χ4v) is 4.04. The molecule has 3 aromatic carbocycles. The summed E-state index contributed by atoms with van der Waals surface area (Å²) in [5.41, 5.74) is 4.22. The number of anilines is 1. The summed E-state index contributed by atoms with van der Waals surface area (Å²) >= 11 is 1.45.